The summed E-state index contributed by atoms with van der Waals surface area (Å²) in [6.45, 7) is 1.74. The van der Waals surface area contributed by atoms with Crippen LogP contribution >= 0.6 is 34.8 Å². The van der Waals surface area contributed by atoms with E-state index in [0.717, 1.165) is 16.3 Å². The smallest absolute Gasteiger partial charge is 0.227 e. The summed E-state index contributed by atoms with van der Waals surface area (Å²) in [6.07, 6.45) is 1.79. The first kappa shape index (κ1) is 23.6. The van der Waals surface area contributed by atoms with Gasteiger partial charge in [-0.25, -0.2) is 17.9 Å². The number of benzene rings is 2. The molecule has 2 aromatic carbocycles. The summed E-state index contributed by atoms with van der Waals surface area (Å²) in [7, 11) is 0. The molecular formula is C20H11Cl3F3N5O. The highest BCUT2D eigenvalue weighted by atomic mass is 35.5. The second-order valence-corrected chi connectivity index (χ2v) is 7.23. The van der Waals surface area contributed by atoms with Crippen molar-refractivity contribution in [2.24, 2.45) is 0 Å². The van der Waals surface area contributed by atoms with Crippen molar-refractivity contribution in [3.8, 4) is 16.9 Å². The van der Waals surface area contributed by atoms with Crippen LogP contribution in [-0.4, -0.2) is 31.0 Å². The van der Waals surface area contributed by atoms with Crippen molar-refractivity contribution in [2.45, 2.75) is 6.92 Å². The summed E-state index contributed by atoms with van der Waals surface area (Å²) in [4.78, 5) is 21.6. The molecular weight excluding hydrogens is 490 g/mol. The fourth-order valence-electron chi connectivity index (χ4n) is 2.59. The molecule has 0 fully saturated rings. The van der Waals surface area contributed by atoms with Crippen molar-refractivity contribution in [3.63, 3.8) is 0 Å². The molecule has 2 aromatic heterocycles. The highest BCUT2D eigenvalue weighted by molar-refractivity contribution is 6.33. The molecule has 4 aromatic rings. The fraction of sp³-hybridized carbons (Fsp3) is 0.0500. The lowest BCUT2D eigenvalue weighted by Gasteiger charge is -2.04. The number of rotatable bonds is 3. The molecule has 0 aliphatic rings. The molecule has 0 spiro atoms. The van der Waals surface area contributed by atoms with Gasteiger partial charge in [-0.1, -0.05) is 6.07 Å². The Morgan fingerprint density at radius 3 is 2.03 bits per heavy atom. The molecule has 0 unspecified atom stereocenters. The Labute approximate surface area is 194 Å². The Morgan fingerprint density at radius 1 is 0.875 bits per heavy atom. The van der Waals surface area contributed by atoms with E-state index in [-0.39, 0.29) is 38.4 Å². The molecule has 0 radical (unpaired) electrons. The van der Waals surface area contributed by atoms with Crippen LogP contribution in [0.3, 0.4) is 0 Å². The van der Waals surface area contributed by atoms with Gasteiger partial charge in [-0.05, 0) is 71.6 Å². The molecule has 32 heavy (non-hydrogen) atoms. The van der Waals surface area contributed by atoms with Crippen LogP contribution in [0.25, 0.3) is 16.9 Å². The highest BCUT2D eigenvalue weighted by Gasteiger charge is 2.17. The third-order valence-electron chi connectivity index (χ3n) is 3.96. The zero-order valence-electron chi connectivity index (χ0n) is 16.0. The van der Waals surface area contributed by atoms with Gasteiger partial charge >= 0.3 is 0 Å². The average molecular weight is 501 g/mol. The number of carbonyl (C=O) groups is 1. The first-order valence-corrected chi connectivity index (χ1v) is 9.80. The Kier molecular flexibility index (Phi) is 7.44. The maximum atomic E-state index is 14.1. The third kappa shape index (κ3) is 5.61. The van der Waals surface area contributed by atoms with Gasteiger partial charge in [-0.2, -0.15) is 20.1 Å². The molecule has 164 valence electrons. The van der Waals surface area contributed by atoms with Gasteiger partial charge in [0, 0.05) is 17.8 Å². The second-order valence-electron chi connectivity index (χ2n) is 6.22. The molecule has 0 atom stereocenters. The van der Waals surface area contributed by atoms with Gasteiger partial charge in [-0.3, -0.25) is 4.79 Å². The number of aryl methyl sites for hydroxylation is 1. The minimum atomic E-state index is -0.833. The molecule has 0 aliphatic heterocycles. The van der Waals surface area contributed by atoms with Gasteiger partial charge in [0.05, 0.1) is 5.56 Å². The van der Waals surface area contributed by atoms with E-state index in [2.05, 4.69) is 20.1 Å². The van der Waals surface area contributed by atoms with Gasteiger partial charge in [0.1, 0.15) is 23.0 Å². The van der Waals surface area contributed by atoms with E-state index in [1.54, 1.807) is 13.0 Å². The van der Waals surface area contributed by atoms with Crippen LogP contribution in [0.4, 0.5) is 13.2 Å². The summed E-state index contributed by atoms with van der Waals surface area (Å²) in [5, 5.41) is 4.09. The van der Waals surface area contributed by atoms with E-state index in [0.29, 0.717) is 12.4 Å². The van der Waals surface area contributed by atoms with Crippen molar-refractivity contribution in [1.29, 1.82) is 0 Å². The van der Waals surface area contributed by atoms with Crippen molar-refractivity contribution in [3.05, 3.63) is 87.0 Å². The van der Waals surface area contributed by atoms with E-state index in [1.165, 1.54) is 24.4 Å². The maximum absolute atomic E-state index is 14.1. The number of halogens is 6. The molecule has 0 saturated heterocycles. The van der Waals surface area contributed by atoms with Crippen molar-refractivity contribution < 1.29 is 18.0 Å². The summed E-state index contributed by atoms with van der Waals surface area (Å²) in [5.41, 5.74) is 1.04. The maximum Gasteiger partial charge on any atom is 0.227 e. The molecule has 0 aliphatic carbocycles. The van der Waals surface area contributed by atoms with Crippen molar-refractivity contribution in [2.75, 3.05) is 0 Å². The summed E-state index contributed by atoms with van der Waals surface area (Å²) in [6, 6.07) is 7.50. The minimum Gasteiger partial charge on any atom is -0.298 e. The molecule has 0 N–H and O–H groups in total. The van der Waals surface area contributed by atoms with Crippen LogP contribution in [0.15, 0.2) is 42.6 Å². The Bertz CT molecular complexity index is 1250. The Morgan fingerprint density at radius 2 is 1.50 bits per heavy atom. The first-order chi connectivity index (χ1) is 15.2. The van der Waals surface area contributed by atoms with Gasteiger partial charge in [0.25, 0.3) is 0 Å². The molecule has 0 bridgehead atoms. The zero-order valence-corrected chi connectivity index (χ0v) is 18.3. The second kappa shape index (κ2) is 10.1. The summed E-state index contributed by atoms with van der Waals surface area (Å²) in [5.74, 6) is -2.09. The Hall–Kier alpha value is -3.01. The summed E-state index contributed by atoms with van der Waals surface area (Å²) < 4.78 is 42.0. The molecule has 2 heterocycles. The lowest BCUT2D eigenvalue weighted by molar-refractivity contribution is 0.112. The van der Waals surface area contributed by atoms with Gasteiger partial charge in [0.2, 0.25) is 15.9 Å². The average Bonchev–Trinajstić information content (AvgIpc) is 3.11. The third-order valence-corrected chi connectivity index (χ3v) is 4.47. The van der Waals surface area contributed by atoms with Crippen LogP contribution in [0, 0.1) is 24.4 Å². The number of hydrogen-bond donors (Lipinski definition) is 0. The summed E-state index contributed by atoms with van der Waals surface area (Å²) >= 11 is 16.0. The van der Waals surface area contributed by atoms with Crippen molar-refractivity contribution in [1.82, 2.24) is 24.7 Å². The topological polar surface area (TPSA) is 73.6 Å². The SMILES string of the molecule is Cc1ccc(-c2nn(-c3ccc(F)cc3F)cc2C=O)c(F)c1.Clc1nc(Cl)nc(Cl)n1. The van der Waals surface area contributed by atoms with Crippen LogP contribution in [0.5, 0.6) is 0 Å². The van der Waals surface area contributed by atoms with Crippen LogP contribution in [0.1, 0.15) is 15.9 Å². The van der Waals surface area contributed by atoms with E-state index in [1.807, 2.05) is 0 Å². The molecule has 0 saturated carbocycles. The van der Waals surface area contributed by atoms with E-state index in [4.69, 9.17) is 34.8 Å². The molecule has 0 amide bonds. The number of aldehydes is 1. The first-order valence-electron chi connectivity index (χ1n) is 8.67. The molecule has 4 rings (SSSR count). The van der Waals surface area contributed by atoms with Gasteiger partial charge in [-0.15, -0.1) is 0 Å². The largest absolute Gasteiger partial charge is 0.298 e. The van der Waals surface area contributed by atoms with Gasteiger partial charge < -0.3 is 0 Å². The molecule has 12 heteroatoms. The van der Waals surface area contributed by atoms with Gasteiger partial charge in [0.15, 0.2) is 12.1 Å². The standard InChI is InChI=1S/C17H11F3N2O.C3Cl3N3/c1-10-2-4-13(14(19)6-10)17-11(9-23)8-22(21-17)16-5-3-12(18)7-15(16)20;4-1-7-2(5)9-3(6)8-1/h2-9H,1H3;. The lowest BCUT2D eigenvalue weighted by atomic mass is 10.1. The normalized spacial score (nSPS) is 10.5. The monoisotopic (exact) mass is 499 g/mol. The quantitative estimate of drug-likeness (QED) is 0.327. The predicted octanol–water partition coefficient (Wildman–Crippen LogP) is 5.91. The number of aromatic nitrogens is 5. The minimum absolute atomic E-state index is 0.000000000000000444. The van der Waals surface area contributed by atoms with Crippen LogP contribution in [0.2, 0.25) is 15.9 Å². The van der Waals surface area contributed by atoms with E-state index >= 15 is 0 Å². The number of carbonyl (C=O) groups excluding carboxylic acids is 1. The van der Waals surface area contributed by atoms with E-state index in [9.17, 15) is 18.0 Å². The lowest BCUT2D eigenvalue weighted by Crippen LogP contribution is -1.99. The number of hydrogen-bond acceptors (Lipinski definition) is 5. The fourth-order valence-corrected chi connectivity index (χ4v) is 3.20. The van der Waals surface area contributed by atoms with Crippen LogP contribution in [-0.2, 0) is 0 Å². The Balaban J connectivity index is 0.000000269. The molecule has 6 nitrogen and oxygen atoms in total. The zero-order chi connectivity index (χ0) is 23.4. The predicted molar refractivity (Wildman–Crippen MR) is 114 cm³/mol. The highest BCUT2D eigenvalue weighted by Crippen LogP contribution is 2.26. The van der Waals surface area contributed by atoms with E-state index < -0.39 is 17.5 Å². The van der Waals surface area contributed by atoms with Crippen LogP contribution < -0.4 is 0 Å². The van der Waals surface area contributed by atoms with Crippen molar-refractivity contribution >= 4 is 41.1 Å². The number of nitrogens with zero attached hydrogens (tertiary/aromatic N) is 5.